The lowest BCUT2D eigenvalue weighted by molar-refractivity contribution is 0.0747. The normalized spacial score (nSPS) is 14.6. The van der Waals surface area contributed by atoms with E-state index < -0.39 is 0 Å². The van der Waals surface area contributed by atoms with E-state index in [1.54, 1.807) is 36.6 Å². The van der Waals surface area contributed by atoms with Crippen LogP contribution in [0.25, 0.3) is 10.2 Å². The first-order valence-corrected chi connectivity index (χ1v) is 10.1. The van der Waals surface area contributed by atoms with Crippen molar-refractivity contribution in [3.05, 3.63) is 52.0 Å². The van der Waals surface area contributed by atoms with Gasteiger partial charge in [-0.25, -0.2) is 4.98 Å². The third-order valence-corrected chi connectivity index (χ3v) is 6.05. The molecule has 140 valence electrons. The molecule has 1 aromatic heterocycles. The van der Waals surface area contributed by atoms with Crippen molar-refractivity contribution < 1.29 is 9.53 Å². The summed E-state index contributed by atoms with van der Waals surface area (Å²) in [6.07, 6.45) is 0. The van der Waals surface area contributed by atoms with Gasteiger partial charge in [-0.2, -0.15) is 0 Å². The molecule has 4 rings (SSSR count). The van der Waals surface area contributed by atoms with Crippen LogP contribution in [0, 0.1) is 0 Å². The summed E-state index contributed by atoms with van der Waals surface area (Å²) in [4.78, 5) is 21.5. The number of amides is 1. The molecular weight excluding hydrogens is 405 g/mol. The van der Waals surface area contributed by atoms with Gasteiger partial charge in [0.05, 0.1) is 17.3 Å². The van der Waals surface area contributed by atoms with Crippen molar-refractivity contribution in [3.8, 4) is 5.75 Å². The van der Waals surface area contributed by atoms with E-state index in [9.17, 15) is 4.79 Å². The molecule has 0 saturated carbocycles. The molecule has 3 aromatic rings. The quantitative estimate of drug-likeness (QED) is 0.620. The van der Waals surface area contributed by atoms with Gasteiger partial charge in [0.25, 0.3) is 5.91 Å². The second kappa shape index (κ2) is 7.54. The Morgan fingerprint density at radius 3 is 2.44 bits per heavy atom. The second-order valence-corrected chi connectivity index (χ2v) is 8.15. The van der Waals surface area contributed by atoms with Crippen molar-refractivity contribution in [2.45, 2.75) is 0 Å². The summed E-state index contributed by atoms with van der Waals surface area (Å²) >= 11 is 13.7. The average molecular weight is 422 g/mol. The minimum atomic E-state index is -0.0481. The molecule has 0 radical (unpaired) electrons. The number of thiazole rings is 1. The van der Waals surface area contributed by atoms with Gasteiger partial charge < -0.3 is 14.5 Å². The molecule has 1 aliphatic heterocycles. The van der Waals surface area contributed by atoms with E-state index in [4.69, 9.17) is 32.9 Å². The first-order chi connectivity index (χ1) is 13.0. The van der Waals surface area contributed by atoms with Crippen molar-refractivity contribution in [2.24, 2.45) is 0 Å². The molecule has 0 bridgehead atoms. The van der Waals surface area contributed by atoms with Crippen molar-refractivity contribution in [1.82, 2.24) is 9.88 Å². The fourth-order valence-electron chi connectivity index (χ4n) is 3.12. The third-order valence-electron chi connectivity index (χ3n) is 4.53. The summed E-state index contributed by atoms with van der Waals surface area (Å²) in [5.41, 5.74) is 1.48. The number of benzene rings is 2. The number of anilines is 1. The lowest BCUT2D eigenvalue weighted by Crippen LogP contribution is -2.48. The molecule has 5 nitrogen and oxygen atoms in total. The molecule has 0 spiro atoms. The largest absolute Gasteiger partial charge is 0.497 e. The smallest absolute Gasteiger partial charge is 0.254 e. The Morgan fingerprint density at radius 1 is 1.07 bits per heavy atom. The van der Waals surface area contributed by atoms with E-state index in [0.717, 1.165) is 34.2 Å². The van der Waals surface area contributed by atoms with E-state index in [2.05, 4.69) is 4.90 Å². The standard InChI is InChI=1S/C19H17Cl2N3O2S/c1-26-15-2-3-16-17(11-15)27-19(22-16)24-6-4-23(5-7-24)18(25)12-8-13(20)10-14(21)9-12/h2-3,8-11H,4-7H2,1H3. The Hall–Kier alpha value is -2.02. The van der Waals surface area contributed by atoms with Crippen LogP contribution in [0.4, 0.5) is 5.13 Å². The van der Waals surface area contributed by atoms with Gasteiger partial charge in [-0.3, -0.25) is 4.79 Å². The number of hydrogen-bond donors (Lipinski definition) is 0. The Bertz CT molecular complexity index is 980. The predicted octanol–water partition coefficient (Wildman–Crippen LogP) is 4.57. The maximum absolute atomic E-state index is 12.7. The molecule has 1 saturated heterocycles. The molecule has 0 unspecified atom stereocenters. The molecule has 0 N–H and O–H groups in total. The Kier molecular flexibility index (Phi) is 5.12. The van der Waals surface area contributed by atoms with Crippen LogP contribution in [-0.2, 0) is 0 Å². The van der Waals surface area contributed by atoms with Gasteiger partial charge >= 0.3 is 0 Å². The lowest BCUT2D eigenvalue weighted by Gasteiger charge is -2.34. The summed E-state index contributed by atoms with van der Waals surface area (Å²) in [7, 11) is 1.66. The van der Waals surface area contributed by atoms with Crippen LogP contribution in [-0.4, -0.2) is 49.1 Å². The number of piperazine rings is 1. The zero-order chi connectivity index (χ0) is 19.0. The Labute approximate surface area is 171 Å². The Balaban J connectivity index is 1.46. The molecule has 0 atom stereocenters. The van der Waals surface area contributed by atoms with Crippen LogP contribution in [0.2, 0.25) is 10.0 Å². The average Bonchev–Trinajstić information content (AvgIpc) is 3.10. The molecule has 27 heavy (non-hydrogen) atoms. The van der Waals surface area contributed by atoms with E-state index in [0.29, 0.717) is 28.7 Å². The first-order valence-electron chi connectivity index (χ1n) is 8.48. The van der Waals surface area contributed by atoms with Crippen LogP contribution >= 0.6 is 34.5 Å². The van der Waals surface area contributed by atoms with Crippen LogP contribution in [0.5, 0.6) is 5.75 Å². The number of hydrogen-bond acceptors (Lipinski definition) is 5. The van der Waals surface area contributed by atoms with Crippen molar-refractivity contribution in [3.63, 3.8) is 0 Å². The monoisotopic (exact) mass is 421 g/mol. The van der Waals surface area contributed by atoms with E-state index in [1.807, 2.05) is 23.1 Å². The number of rotatable bonds is 3. The van der Waals surface area contributed by atoms with Crippen LogP contribution in [0.3, 0.4) is 0 Å². The zero-order valence-corrected chi connectivity index (χ0v) is 16.9. The van der Waals surface area contributed by atoms with E-state index >= 15 is 0 Å². The number of fused-ring (bicyclic) bond motifs is 1. The van der Waals surface area contributed by atoms with Gasteiger partial charge in [-0.05, 0) is 36.4 Å². The zero-order valence-electron chi connectivity index (χ0n) is 14.6. The molecule has 1 amide bonds. The molecule has 2 heterocycles. The van der Waals surface area contributed by atoms with Gasteiger partial charge in [0.15, 0.2) is 5.13 Å². The van der Waals surface area contributed by atoms with Crippen LogP contribution in [0.15, 0.2) is 36.4 Å². The van der Waals surface area contributed by atoms with E-state index in [-0.39, 0.29) is 5.91 Å². The van der Waals surface area contributed by atoms with Crippen molar-refractivity contribution >= 4 is 55.8 Å². The second-order valence-electron chi connectivity index (χ2n) is 6.27. The molecule has 8 heteroatoms. The number of carbonyl (C=O) groups is 1. The molecular formula is C19H17Cl2N3O2S. The highest BCUT2D eigenvalue weighted by Crippen LogP contribution is 2.32. The number of methoxy groups -OCH3 is 1. The van der Waals surface area contributed by atoms with Gasteiger partial charge in [-0.15, -0.1) is 0 Å². The molecule has 1 fully saturated rings. The third kappa shape index (κ3) is 3.83. The number of ether oxygens (including phenoxy) is 1. The highest BCUT2D eigenvalue weighted by molar-refractivity contribution is 7.22. The first kappa shape index (κ1) is 18.3. The number of halogens is 2. The minimum Gasteiger partial charge on any atom is -0.497 e. The van der Waals surface area contributed by atoms with Gasteiger partial charge in [-0.1, -0.05) is 34.5 Å². The summed E-state index contributed by atoms with van der Waals surface area (Å²) < 4.78 is 6.37. The van der Waals surface area contributed by atoms with Crippen molar-refractivity contribution in [1.29, 1.82) is 0 Å². The highest BCUT2D eigenvalue weighted by atomic mass is 35.5. The molecule has 0 aliphatic carbocycles. The SMILES string of the molecule is COc1ccc2nc(N3CCN(C(=O)c4cc(Cl)cc(Cl)c4)CC3)sc2c1. The van der Waals surface area contributed by atoms with Crippen molar-refractivity contribution in [2.75, 3.05) is 38.2 Å². The topological polar surface area (TPSA) is 45.7 Å². The van der Waals surface area contributed by atoms with E-state index in [1.165, 1.54) is 0 Å². The summed E-state index contributed by atoms with van der Waals surface area (Å²) in [5, 5.41) is 1.90. The molecule has 1 aliphatic rings. The van der Waals surface area contributed by atoms with Gasteiger partial charge in [0, 0.05) is 41.8 Å². The summed E-state index contributed by atoms with van der Waals surface area (Å²) in [5.74, 6) is 0.779. The summed E-state index contributed by atoms with van der Waals surface area (Å²) in [6.45, 7) is 2.72. The predicted molar refractivity (Wildman–Crippen MR) is 111 cm³/mol. The number of nitrogens with zero attached hydrogens (tertiary/aromatic N) is 3. The number of aromatic nitrogens is 1. The fourth-order valence-corrected chi connectivity index (χ4v) is 4.69. The lowest BCUT2D eigenvalue weighted by atomic mass is 10.2. The van der Waals surface area contributed by atoms with Crippen LogP contribution in [0.1, 0.15) is 10.4 Å². The molecule has 2 aromatic carbocycles. The summed E-state index contributed by atoms with van der Waals surface area (Å²) in [6, 6.07) is 10.8. The van der Waals surface area contributed by atoms with Gasteiger partial charge in [0.1, 0.15) is 5.75 Å². The maximum Gasteiger partial charge on any atom is 0.254 e. The maximum atomic E-state index is 12.7. The van der Waals surface area contributed by atoms with Crippen LogP contribution < -0.4 is 9.64 Å². The van der Waals surface area contributed by atoms with Gasteiger partial charge in [0.2, 0.25) is 0 Å². The highest BCUT2D eigenvalue weighted by Gasteiger charge is 2.24. The fraction of sp³-hybridized carbons (Fsp3) is 0.263. The number of carbonyl (C=O) groups excluding carboxylic acids is 1. The minimum absolute atomic E-state index is 0.0481. The Morgan fingerprint density at radius 2 is 1.78 bits per heavy atom.